The molecule has 5 nitrogen and oxygen atoms in total. The number of anilines is 1. The number of carbonyl (C=O) groups excluding carboxylic acids is 1. The maximum absolute atomic E-state index is 12.2. The zero-order valence-corrected chi connectivity index (χ0v) is 15.2. The number of benzene rings is 1. The summed E-state index contributed by atoms with van der Waals surface area (Å²) in [6, 6.07) is 7.69. The standard InChI is InChI=1S/C17H17ClN4OS/c1-10-6-4-5-7-14(10)20-15(23)8-13-9-24-17(19-13)22-12(3)16(18)11(2)21-22/h4-7,9H,8H2,1-3H3,(H,20,23). The highest BCUT2D eigenvalue weighted by atomic mass is 35.5. The molecule has 3 aromatic rings. The second-order valence-electron chi connectivity index (χ2n) is 5.56. The third-order valence-corrected chi connectivity index (χ3v) is 5.10. The van der Waals surface area contributed by atoms with Crippen LogP contribution in [-0.2, 0) is 11.2 Å². The second-order valence-corrected chi connectivity index (χ2v) is 6.77. The van der Waals surface area contributed by atoms with E-state index in [1.54, 1.807) is 4.68 Å². The number of rotatable bonds is 4. The average Bonchev–Trinajstić information content (AvgIpc) is 3.10. The van der Waals surface area contributed by atoms with Gasteiger partial charge in [0, 0.05) is 11.1 Å². The quantitative estimate of drug-likeness (QED) is 0.762. The van der Waals surface area contributed by atoms with E-state index >= 15 is 0 Å². The molecular weight excluding hydrogens is 344 g/mol. The number of aryl methyl sites for hydroxylation is 2. The number of hydrogen-bond donors (Lipinski definition) is 1. The summed E-state index contributed by atoms with van der Waals surface area (Å²) >= 11 is 7.61. The van der Waals surface area contributed by atoms with Gasteiger partial charge in [0.15, 0.2) is 0 Å². The van der Waals surface area contributed by atoms with Crippen LogP contribution in [0, 0.1) is 20.8 Å². The van der Waals surface area contributed by atoms with E-state index in [1.807, 2.05) is 50.4 Å². The van der Waals surface area contributed by atoms with Gasteiger partial charge in [-0.05, 0) is 32.4 Å². The Hall–Kier alpha value is -2.18. The van der Waals surface area contributed by atoms with E-state index in [0.717, 1.165) is 22.6 Å². The van der Waals surface area contributed by atoms with Gasteiger partial charge in [0.1, 0.15) is 0 Å². The molecule has 0 saturated carbocycles. The monoisotopic (exact) mass is 360 g/mol. The summed E-state index contributed by atoms with van der Waals surface area (Å²) in [6.07, 6.45) is 0.220. The molecule has 0 bridgehead atoms. The van der Waals surface area contributed by atoms with Crippen molar-refractivity contribution in [1.29, 1.82) is 0 Å². The topological polar surface area (TPSA) is 59.8 Å². The van der Waals surface area contributed by atoms with Gasteiger partial charge in [-0.3, -0.25) is 4.79 Å². The zero-order valence-electron chi connectivity index (χ0n) is 13.6. The molecule has 2 heterocycles. The molecule has 1 aromatic carbocycles. The number of nitrogens with zero attached hydrogens (tertiary/aromatic N) is 3. The number of thiazole rings is 1. The Balaban J connectivity index is 1.73. The summed E-state index contributed by atoms with van der Waals surface area (Å²) in [7, 11) is 0. The number of carbonyl (C=O) groups is 1. The van der Waals surface area contributed by atoms with E-state index in [2.05, 4.69) is 15.4 Å². The van der Waals surface area contributed by atoms with Crippen LogP contribution in [0.3, 0.4) is 0 Å². The minimum Gasteiger partial charge on any atom is -0.326 e. The lowest BCUT2D eigenvalue weighted by Crippen LogP contribution is -2.15. The van der Waals surface area contributed by atoms with Gasteiger partial charge in [-0.15, -0.1) is 11.3 Å². The molecule has 2 aromatic heterocycles. The molecule has 0 spiro atoms. The van der Waals surface area contributed by atoms with Crippen LogP contribution in [0.25, 0.3) is 5.13 Å². The first-order valence-corrected chi connectivity index (χ1v) is 8.73. The van der Waals surface area contributed by atoms with Crippen molar-refractivity contribution >= 4 is 34.5 Å². The van der Waals surface area contributed by atoms with Crippen molar-refractivity contribution in [3.63, 3.8) is 0 Å². The van der Waals surface area contributed by atoms with Crippen molar-refractivity contribution in [3.05, 3.63) is 57.3 Å². The molecule has 1 amide bonds. The van der Waals surface area contributed by atoms with Crippen molar-refractivity contribution in [2.24, 2.45) is 0 Å². The highest BCUT2D eigenvalue weighted by Gasteiger charge is 2.15. The SMILES string of the molecule is Cc1ccccc1NC(=O)Cc1csc(-n2nc(C)c(Cl)c2C)n1. The summed E-state index contributed by atoms with van der Waals surface area (Å²) in [5, 5.41) is 10.5. The summed E-state index contributed by atoms with van der Waals surface area (Å²) in [5.74, 6) is -0.0902. The lowest BCUT2D eigenvalue weighted by atomic mass is 10.2. The molecule has 0 aliphatic rings. The van der Waals surface area contributed by atoms with Crippen LogP contribution in [0.2, 0.25) is 5.02 Å². The predicted octanol–water partition coefficient (Wildman–Crippen LogP) is 4.09. The molecule has 0 aliphatic heterocycles. The fourth-order valence-electron chi connectivity index (χ4n) is 2.36. The van der Waals surface area contributed by atoms with Crippen LogP contribution >= 0.6 is 22.9 Å². The highest BCUT2D eigenvalue weighted by Crippen LogP contribution is 2.24. The van der Waals surface area contributed by atoms with E-state index < -0.39 is 0 Å². The van der Waals surface area contributed by atoms with Gasteiger partial charge >= 0.3 is 0 Å². The first-order valence-electron chi connectivity index (χ1n) is 7.47. The van der Waals surface area contributed by atoms with Crippen molar-refractivity contribution in [2.45, 2.75) is 27.2 Å². The number of hydrogen-bond acceptors (Lipinski definition) is 4. The molecular formula is C17H17ClN4OS. The van der Waals surface area contributed by atoms with Crippen LogP contribution in [0.15, 0.2) is 29.6 Å². The molecule has 7 heteroatoms. The molecule has 0 fully saturated rings. The summed E-state index contributed by atoms with van der Waals surface area (Å²) < 4.78 is 1.71. The minimum atomic E-state index is -0.0902. The van der Waals surface area contributed by atoms with Crippen LogP contribution < -0.4 is 5.32 Å². The summed E-state index contributed by atoms with van der Waals surface area (Å²) in [6.45, 7) is 5.72. The summed E-state index contributed by atoms with van der Waals surface area (Å²) in [5.41, 5.74) is 4.18. The maximum atomic E-state index is 12.2. The van der Waals surface area contributed by atoms with Gasteiger partial charge in [0.2, 0.25) is 11.0 Å². The van der Waals surface area contributed by atoms with E-state index in [9.17, 15) is 4.79 Å². The molecule has 0 saturated heterocycles. The number of nitrogens with one attached hydrogen (secondary N) is 1. The lowest BCUT2D eigenvalue weighted by Gasteiger charge is -2.06. The van der Waals surface area contributed by atoms with Crippen LogP contribution in [0.4, 0.5) is 5.69 Å². The number of halogens is 1. The first-order chi connectivity index (χ1) is 11.5. The number of aromatic nitrogens is 3. The maximum Gasteiger partial charge on any atom is 0.230 e. The van der Waals surface area contributed by atoms with Crippen molar-refractivity contribution in [3.8, 4) is 5.13 Å². The van der Waals surface area contributed by atoms with E-state index in [4.69, 9.17) is 11.6 Å². The van der Waals surface area contributed by atoms with Gasteiger partial charge in [-0.1, -0.05) is 29.8 Å². The Labute approximate surface area is 149 Å². The fraction of sp³-hybridized carbons (Fsp3) is 0.235. The Morgan fingerprint density at radius 2 is 2.04 bits per heavy atom. The smallest absolute Gasteiger partial charge is 0.230 e. The minimum absolute atomic E-state index is 0.0902. The molecule has 0 aliphatic carbocycles. The lowest BCUT2D eigenvalue weighted by molar-refractivity contribution is -0.115. The van der Waals surface area contributed by atoms with Crippen LogP contribution in [-0.4, -0.2) is 20.7 Å². The number of amides is 1. The van der Waals surface area contributed by atoms with Crippen LogP contribution in [0.5, 0.6) is 0 Å². The van der Waals surface area contributed by atoms with Crippen molar-refractivity contribution < 1.29 is 4.79 Å². The molecule has 24 heavy (non-hydrogen) atoms. The third kappa shape index (κ3) is 3.34. The van der Waals surface area contributed by atoms with Crippen molar-refractivity contribution in [1.82, 2.24) is 14.8 Å². The Kier molecular flexibility index (Phi) is 4.69. The normalized spacial score (nSPS) is 10.8. The zero-order chi connectivity index (χ0) is 17.3. The molecule has 3 rings (SSSR count). The largest absolute Gasteiger partial charge is 0.326 e. The highest BCUT2D eigenvalue weighted by molar-refractivity contribution is 7.12. The van der Waals surface area contributed by atoms with E-state index in [-0.39, 0.29) is 12.3 Å². The first kappa shape index (κ1) is 16.7. The molecule has 0 radical (unpaired) electrons. The molecule has 0 atom stereocenters. The fourth-order valence-corrected chi connectivity index (χ4v) is 3.30. The third-order valence-electron chi connectivity index (χ3n) is 3.68. The van der Waals surface area contributed by atoms with Gasteiger partial charge in [0.25, 0.3) is 0 Å². The van der Waals surface area contributed by atoms with Gasteiger partial charge < -0.3 is 5.32 Å². The molecule has 124 valence electrons. The van der Waals surface area contributed by atoms with E-state index in [0.29, 0.717) is 15.8 Å². The number of para-hydroxylation sites is 1. The Bertz CT molecular complexity index is 900. The Morgan fingerprint density at radius 3 is 2.71 bits per heavy atom. The van der Waals surface area contributed by atoms with Gasteiger partial charge in [-0.25, -0.2) is 9.67 Å². The van der Waals surface area contributed by atoms with Crippen LogP contribution in [0.1, 0.15) is 22.6 Å². The average molecular weight is 361 g/mol. The second kappa shape index (κ2) is 6.75. The van der Waals surface area contributed by atoms with Gasteiger partial charge in [0.05, 0.1) is 28.5 Å². The predicted molar refractivity (Wildman–Crippen MR) is 97.2 cm³/mol. The summed E-state index contributed by atoms with van der Waals surface area (Å²) in [4.78, 5) is 16.7. The van der Waals surface area contributed by atoms with E-state index in [1.165, 1.54) is 11.3 Å². The molecule has 0 unspecified atom stereocenters. The van der Waals surface area contributed by atoms with Gasteiger partial charge in [-0.2, -0.15) is 5.10 Å². The molecule has 1 N–H and O–H groups in total. The van der Waals surface area contributed by atoms with Crippen molar-refractivity contribution in [2.75, 3.05) is 5.32 Å². The Morgan fingerprint density at radius 1 is 1.29 bits per heavy atom.